The highest BCUT2D eigenvalue weighted by Crippen LogP contribution is 1.89. The van der Waals surface area contributed by atoms with Crippen LogP contribution in [-0.2, 0) is 24.0 Å². The number of aliphatic hydroxyl groups excluding tert-OH is 1. The summed E-state index contributed by atoms with van der Waals surface area (Å²) in [5.41, 5.74) is 14.8. The van der Waals surface area contributed by atoms with Gasteiger partial charge in [0.1, 0.15) is 19.6 Å². The first-order chi connectivity index (χ1) is 16.1. The van der Waals surface area contributed by atoms with Crippen LogP contribution in [0.25, 0.3) is 0 Å². The van der Waals surface area contributed by atoms with Crippen molar-refractivity contribution < 1.29 is 54.6 Å². The zero-order valence-corrected chi connectivity index (χ0v) is 19.7. The van der Waals surface area contributed by atoms with Gasteiger partial charge in [0.2, 0.25) is 0 Å². The summed E-state index contributed by atoms with van der Waals surface area (Å²) >= 11 is 0. The number of likely N-dealkylation sites (N-methyl/N-ethyl adjacent to an activating group) is 3. The van der Waals surface area contributed by atoms with Crippen molar-refractivity contribution in [1.29, 1.82) is 16.2 Å². The Hall–Kier alpha value is -4.88. The highest BCUT2D eigenvalue weighted by Gasteiger charge is 2.16. The number of hydrogen-bond donors (Lipinski definition) is 12. The molecule has 0 bridgehead atoms. The maximum Gasteiger partial charge on any atom is 0.333 e. The van der Waals surface area contributed by atoms with Gasteiger partial charge in [-0.3, -0.25) is 35.4 Å². The van der Waals surface area contributed by atoms with Crippen molar-refractivity contribution >= 4 is 47.7 Å². The molecule has 20 heteroatoms. The van der Waals surface area contributed by atoms with Crippen LogP contribution in [0.4, 0.5) is 0 Å². The summed E-state index contributed by atoms with van der Waals surface area (Å²) in [7, 11) is 4.32. The number of hydrogen-bond acceptors (Lipinski definition) is 9. The van der Waals surface area contributed by atoms with Crippen LogP contribution in [0.1, 0.15) is 6.42 Å². The molecule has 0 aliphatic carbocycles. The predicted octanol–water partition coefficient (Wildman–Crippen LogP) is -4.40. The number of nitrogens with one attached hydrogen (secondary N) is 3. The highest BCUT2D eigenvalue weighted by atomic mass is 16.4. The van der Waals surface area contributed by atoms with E-state index in [1.54, 1.807) is 0 Å². The molecular formula is C16H33N9O11. The molecule has 0 saturated carbocycles. The van der Waals surface area contributed by atoms with Crippen molar-refractivity contribution in [3.63, 3.8) is 0 Å². The molecule has 0 radical (unpaired) electrons. The van der Waals surface area contributed by atoms with E-state index >= 15 is 0 Å². The Morgan fingerprint density at radius 2 is 0.833 bits per heavy atom. The Morgan fingerprint density at radius 3 is 0.889 bits per heavy atom. The maximum atomic E-state index is 9.92. The number of guanidine groups is 3. The molecule has 0 aromatic rings. The molecule has 1 unspecified atom stereocenters. The molecule has 0 amide bonds. The Bertz CT molecular complexity index is 664. The monoisotopic (exact) mass is 527 g/mol. The average molecular weight is 527 g/mol. The van der Waals surface area contributed by atoms with E-state index < -0.39 is 42.4 Å². The minimum Gasteiger partial charge on any atom is -0.481 e. The summed E-state index contributed by atoms with van der Waals surface area (Å²) in [6, 6.07) is 0. The van der Waals surface area contributed by atoms with Crippen molar-refractivity contribution in [2.45, 2.75) is 12.5 Å². The van der Waals surface area contributed by atoms with Gasteiger partial charge in [-0.25, -0.2) is 4.79 Å². The second-order valence-corrected chi connectivity index (χ2v) is 6.36. The summed E-state index contributed by atoms with van der Waals surface area (Å²) in [6.07, 6.45) is -2.54. The van der Waals surface area contributed by atoms with E-state index in [4.69, 9.17) is 64.1 Å². The topological polar surface area (TPSA) is 366 Å². The first-order valence-corrected chi connectivity index (χ1v) is 9.09. The molecule has 0 saturated heterocycles. The quantitative estimate of drug-likeness (QED) is 0.0993. The first-order valence-electron chi connectivity index (χ1n) is 9.09. The van der Waals surface area contributed by atoms with Crippen molar-refractivity contribution in [3.8, 4) is 0 Å². The molecule has 0 aromatic heterocycles. The zero-order chi connectivity index (χ0) is 29.8. The van der Waals surface area contributed by atoms with Gasteiger partial charge in [0.25, 0.3) is 0 Å². The molecule has 0 heterocycles. The van der Waals surface area contributed by atoms with E-state index in [9.17, 15) is 24.0 Å². The lowest BCUT2D eigenvalue weighted by Crippen LogP contribution is -2.36. The lowest BCUT2D eigenvalue weighted by molar-refractivity contribution is -0.152. The second-order valence-electron chi connectivity index (χ2n) is 6.36. The van der Waals surface area contributed by atoms with Crippen LogP contribution in [0, 0.1) is 16.2 Å². The average Bonchev–Trinajstić information content (AvgIpc) is 2.67. The minimum atomic E-state index is -1.79. The van der Waals surface area contributed by atoms with E-state index in [-0.39, 0.29) is 37.5 Å². The summed E-state index contributed by atoms with van der Waals surface area (Å²) in [5, 5.41) is 68.8. The number of carboxylic acid groups (broad SMARTS) is 5. The fraction of sp³-hybridized carbons (Fsp3) is 0.500. The predicted molar refractivity (Wildman–Crippen MR) is 122 cm³/mol. The van der Waals surface area contributed by atoms with Crippen LogP contribution in [0.3, 0.4) is 0 Å². The van der Waals surface area contributed by atoms with Crippen molar-refractivity contribution in [2.24, 2.45) is 17.2 Å². The third-order valence-electron chi connectivity index (χ3n) is 3.00. The van der Waals surface area contributed by atoms with Crippen LogP contribution >= 0.6 is 0 Å². The summed E-state index contributed by atoms with van der Waals surface area (Å²) in [6.45, 7) is -0.681. The van der Waals surface area contributed by atoms with E-state index in [1.807, 2.05) is 0 Å². The lowest BCUT2D eigenvalue weighted by atomic mass is 10.3. The van der Waals surface area contributed by atoms with Crippen LogP contribution in [0.5, 0.6) is 0 Å². The van der Waals surface area contributed by atoms with Gasteiger partial charge in [-0.1, -0.05) is 0 Å². The van der Waals surface area contributed by atoms with Crippen LogP contribution in [-0.4, -0.2) is 140 Å². The molecule has 0 rings (SSSR count). The van der Waals surface area contributed by atoms with Crippen LogP contribution < -0.4 is 17.2 Å². The van der Waals surface area contributed by atoms with Gasteiger partial charge in [-0.15, -0.1) is 0 Å². The Labute approximate surface area is 204 Å². The molecule has 20 nitrogen and oxygen atoms in total. The number of nitrogens with two attached hydrogens (primary N) is 3. The molecule has 0 aromatic carbocycles. The van der Waals surface area contributed by atoms with Crippen LogP contribution in [0.15, 0.2) is 0 Å². The molecule has 15 N–H and O–H groups in total. The molecular weight excluding hydrogens is 494 g/mol. The SMILES string of the molecule is CN(CC(=O)O)C(=N)N.CN(CC(=O)O)C(=N)N.CN(CC(=O)O)C(=N)N.O=C(O)CC(O)C(=O)O. The highest BCUT2D eigenvalue weighted by molar-refractivity contribution is 5.81. The fourth-order valence-corrected chi connectivity index (χ4v) is 1.12. The van der Waals surface area contributed by atoms with E-state index in [0.717, 1.165) is 14.7 Å². The number of carbonyl (C=O) groups is 5. The van der Waals surface area contributed by atoms with Crippen LogP contribution in [0.2, 0.25) is 0 Å². The molecule has 0 aliphatic rings. The first kappa shape index (κ1) is 38.4. The molecule has 36 heavy (non-hydrogen) atoms. The molecule has 0 fully saturated rings. The van der Waals surface area contributed by atoms with Crippen molar-refractivity contribution in [1.82, 2.24) is 14.7 Å². The van der Waals surface area contributed by atoms with Gasteiger partial charge in [0.15, 0.2) is 24.0 Å². The maximum absolute atomic E-state index is 9.92. The number of rotatable bonds is 9. The second kappa shape index (κ2) is 20.7. The third kappa shape index (κ3) is 31.3. The normalized spacial score (nSPS) is 9.56. The van der Waals surface area contributed by atoms with E-state index in [0.29, 0.717) is 0 Å². The standard InChI is InChI=1S/3C4H9N3O2.C4H6O5/c3*1-7(4(5)6)2-3(8)9;5-2(4(8)9)1-3(6)7/h3*2H2,1H3,(H3,5,6)(H,8,9);2,5H,1H2,(H,6,7)(H,8,9). The lowest BCUT2D eigenvalue weighted by Gasteiger charge is -2.12. The van der Waals surface area contributed by atoms with Gasteiger partial charge in [0.05, 0.1) is 6.42 Å². The third-order valence-corrected chi connectivity index (χ3v) is 3.00. The Kier molecular flexibility index (Phi) is 22.1. The van der Waals surface area contributed by atoms with Gasteiger partial charge >= 0.3 is 29.8 Å². The van der Waals surface area contributed by atoms with Gasteiger partial charge in [0, 0.05) is 21.1 Å². The van der Waals surface area contributed by atoms with E-state index in [2.05, 4.69) is 0 Å². The van der Waals surface area contributed by atoms with Gasteiger partial charge in [-0.2, -0.15) is 0 Å². The van der Waals surface area contributed by atoms with Gasteiger partial charge < -0.3 is 62.5 Å². The van der Waals surface area contributed by atoms with E-state index in [1.165, 1.54) is 21.1 Å². The molecule has 208 valence electrons. The van der Waals surface area contributed by atoms with Gasteiger partial charge in [-0.05, 0) is 0 Å². The number of aliphatic hydroxyl groups is 1. The smallest absolute Gasteiger partial charge is 0.333 e. The summed E-state index contributed by atoms with van der Waals surface area (Å²) < 4.78 is 0. The summed E-state index contributed by atoms with van der Waals surface area (Å²) in [4.78, 5) is 52.6. The summed E-state index contributed by atoms with van der Waals surface area (Å²) in [5.74, 6) is -6.54. The Balaban J connectivity index is -0.000000190. The zero-order valence-electron chi connectivity index (χ0n) is 19.7. The van der Waals surface area contributed by atoms with Crippen molar-refractivity contribution in [3.05, 3.63) is 0 Å². The number of carboxylic acids is 5. The fourth-order valence-electron chi connectivity index (χ4n) is 1.12. The molecule has 0 spiro atoms. The molecule has 1 atom stereocenters. The van der Waals surface area contributed by atoms with Crippen molar-refractivity contribution in [2.75, 3.05) is 40.8 Å². The number of aliphatic carboxylic acids is 5. The minimum absolute atomic E-state index is 0.227. The number of nitrogens with zero attached hydrogens (tertiary/aromatic N) is 3. The Morgan fingerprint density at radius 1 is 0.611 bits per heavy atom. The largest absolute Gasteiger partial charge is 0.481 e. The molecule has 0 aliphatic heterocycles.